The van der Waals surface area contributed by atoms with E-state index < -0.39 is 0 Å². The predicted octanol–water partition coefficient (Wildman–Crippen LogP) is 1.25. The predicted molar refractivity (Wildman–Crippen MR) is 89.7 cm³/mol. The molecule has 1 atom stereocenters. The largest absolute Gasteiger partial charge is 0.461 e. The first-order chi connectivity index (χ1) is 11.8. The molecule has 0 aromatic carbocycles. The van der Waals surface area contributed by atoms with Gasteiger partial charge in [0.15, 0.2) is 11.4 Å². The summed E-state index contributed by atoms with van der Waals surface area (Å²) in [6.07, 6.45) is 4.17. The van der Waals surface area contributed by atoms with Gasteiger partial charge < -0.3 is 15.1 Å². The molecule has 2 saturated heterocycles. The highest BCUT2D eigenvalue weighted by atomic mass is 16.3. The monoisotopic (exact) mass is 325 g/mol. The summed E-state index contributed by atoms with van der Waals surface area (Å²) < 4.78 is 6.93. The van der Waals surface area contributed by atoms with E-state index in [4.69, 9.17) is 10.2 Å². The Labute approximate surface area is 138 Å². The molecule has 0 spiro atoms. The van der Waals surface area contributed by atoms with Crippen LogP contribution < -0.4 is 10.6 Å². The summed E-state index contributed by atoms with van der Waals surface area (Å²) in [6.45, 7) is 4.28. The molecule has 2 fully saturated rings. The first-order valence-electron chi connectivity index (χ1n) is 8.34. The lowest BCUT2D eigenvalue weighted by Crippen LogP contribution is -2.50. The summed E-state index contributed by atoms with van der Waals surface area (Å²) in [6, 6.07) is 6.24. The minimum atomic E-state index is 0.349. The molecule has 2 aliphatic heterocycles. The lowest BCUT2D eigenvalue weighted by molar-refractivity contribution is 0.230. The van der Waals surface area contributed by atoms with E-state index in [1.54, 1.807) is 10.8 Å². The Morgan fingerprint density at radius 2 is 2.17 bits per heavy atom. The van der Waals surface area contributed by atoms with Crippen molar-refractivity contribution in [3.63, 3.8) is 0 Å². The third-order valence-corrected chi connectivity index (χ3v) is 4.99. The maximum atomic E-state index is 6.12. The van der Waals surface area contributed by atoms with Crippen LogP contribution in [0.25, 0.3) is 17.2 Å². The second kappa shape index (κ2) is 5.20. The summed E-state index contributed by atoms with van der Waals surface area (Å²) in [7, 11) is 0. The van der Waals surface area contributed by atoms with E-state index in [0.29, 0.717) is 29.2 Å². The number of nitrogen functional groups attached to an aromatic ring is 1. The average Bonchev–Trinajstić information content (AvgIpc) is 3.32. The van der Waals surface area contributed by atoms with Crippen LogP contribution in [0.5, 0.6) is 0 Å². The van der Waals surface area contributed by atoms with E-state index in [2.05, 4.69) is 24.9 Å². The van der Waals surface area contributed by atoms with Crippen LogP contribution >= 0.6 is 0 Å². The fourth-order valence-corrected chi connectivity index (χ4v) is 3.77. The average molecular weight is 325 g/mol. The molecule has 5 heterocycles. The zero-order valence-electron chi connectivity index (χ0n) is 13.3. The summed E-state index contributed by atoms with van der Waals surface area (Å²) in [5.41, 5.74) is 6.81. The van der Waals surface area contributed by atoms with Gasteiger partial charge in [-0.05, 0) is 31.5 Å². The van der Waals surface area contributed by atoms with E-state index in [0.717, 1.165) is 25.5 Å². The van der Waals surface area contributed by atoms with Crippen molar-refractivity contribution >= 4 is 17.4 Å². The number of furan rings is 1. The molecule has 8 nitrogen and oxygen atoms in total. The van der Waals surface area contributed by atoms with Gasteiger partial charge >= 0.3 is 0 Å². The van der Waals surface area contributed by atoms with Crippen LogP contribution in [0.1, 0.15) is 12.8 Å². The van der Waals surface area contributed by atoms with Gasteiger partial charge in [0.2, 0.25) is 11.8 Å². The van der Waals surface area contributed by atoms with Gasteiger partial charge in [0.1, 0.15) is 5.82 Å². The SMILES string of the molecule is Nc1nc(N2CCN3CCC[C@@H]3C2)cc2nc(-c3ccco3)nn12. The molecule has 0 aliphatic carbocycles. The summed E-state index contributed by atoms with van der Waals surface area (Å²) in [4.78, 5) is 14.0. The van der Waals surface area contributed by atoms with Crippen LogP contribution in [0.4, 0.5) is 11.8 Å². The van der Waals surface area contributed by atoms with Gasteiger partial charge in [-0.1, -0.05) is 0 Å². The smallest absolute Gasteiger partial charge is 0.225 e. The Morgan fingerprint density at radius 1 is 1.21 bits per heavy atom. The number of piperazine rings is 1. The van der Waals surface area contributed by atoms with Crippen molar-refractivity contribution in [1.82, 2.24) is 24.5 Å². The second-order valence-corrected chi connectivity index (χ2v) is 6.43. The van der Waals surface area contributed by atoms with Crippen molar-refractivity contribution in [1.29, 1.82) is 0 Å². The van der Waals surface area contributed by atoms with Crippen LogP contribution in [0.3, 0.4) is 0 Å². The topological polar surface area (TPSA) is 88.7 Å². The molecule has 8 heteroatoms. The molecule has 0 bridgehead atoms. The normalized spacial score (nSPS) is 21.5. The van der Waals surface area contributed by atoms with E-state index in [9.17, 15) is 0 Å². The summed E-state index contributed by atoms with van der Waals surface area (Å²) >= 11 is 0. The number of nitrogens with two attached hydrogens (primary N) is 1. The summed E-state index contributed by atoms with van der Waals surface area (Å²) in [5.74, 6) is 2.37. The molecule has 0 unspecified atom stereocenters. The molecule has 124 valence electrons. The molecule has 3 aromatic rings. The maximum absolute atomic E-state index is 6.12. The third-order valence-electron chi connectivity index (χ3n) is 4.99. The van der Waals surface area contributed by atoms with E-state index in [1.807, 2.05) is 18.2 Å². The van der Waals surface area contributed by atoms with Gasteiger partial charge in [0.05, 0.1) is 6.26 Å². The van der Waals surface area contributed by atoms with E-state index in [-0.39, 0.29) is 0 Å². The second-order valence-electron chi connectivity index (χ2n) is 6.43. The van der Waals surface area contributed by atoms with Crippen LogP contribution in [0.2, 0.25) is 0 Å². The number of nitrogens with zero attached hydrogens (tertiary/aromatic N) is 6. The molecule has 0 radical (unpaired) electrons. The van der Waals surface area contributed by atoms with Crippen molar-refractivity contribution in [2.45, 2.75) is 18.9 Å². The first-order valence-corrected chi connectivity index (χ1v) is 8.34. The molecular formula is C16H19N7O. The lowest BCUT2D eigenvalue weighted by atomic mass is 10.1. The number of rotatable bonds is 2. The van der Waals surface area contributed by atoms with E-state index in [1.165, 1.54) is 19.4 Å². The Balaban J connectivity index is 1.50. The molecule has 2 N–H and O–H groups in total. The fourth-order valence-electron chi connectivity index (χ4n) is 3.77. The zero-order valence-corrected chi connectivity index (χ0v) is 13.3. The highest BCUT2D eigenvalue weighted by Crippen LogP contribution is 2.26. The fraction of sp³-hybridized carbons (Fsp3) is 0.438. The Bertz CT molecular complexity index is 872. The maximum Gasteiger partial charge on any atom is 0.225 e. The van der Waals surface area contributed by atoms with Gasteiger partial charge in [0.25, 0.3) is 0 Å². The number of aromatic nitrogens is 4. The zero-order chi connectivity index (χ0) is 16.1. The number of anilines is 2. The van der Waals surface area contributed by atoms with Crippen molar-refractivity contribution in [2.75, 3.05) is 36.8 Å². The molecule has 5 rings (SSSR count). The molecule has 2 aliphatic rings. The molecule has 24 heavy (non-hydrogen) atoms. The van der Waals surface area contributed by atoms with Gasteiger partial charge in [0, 0.05) is 31.7 Å². The van der Waals surface area contributed by atoms with Gasteiger partial charge in [-0.2, -0.15) is 9.50 Å². The standard InChI is InChI=1S/C16H19N7O/c17-16-19-13(22-7-6-21-5-1-3-11(21)10-22)9-14-18-15(20-23(14)16)12-4-2-8-24-12/h2,4,8-9,11H,1,3,5-7,10H2,(H2,17,19)/t11-/m1/s1. The summed E-state index contributed by atoms with van der Waals surface area (Å²) in [5, 5.41) is 4.39. The molecular weight excluding hydrogens is 306 g/mol. The number of hydrogen-bond donors (Lipinski definition) is 1. The quantitative estimate of drug-likeness (QED) is 0.758. The number of hydrogen-bond acceptors (Lipinski definition) is 7. The molecule has 3 aromatic heterocycles. The highest BCUT2D eigenvalue weighted by Gasteiger charge is 2.31. The Morgan fingerprint density at radius 3 is 3.04 bits per heavy atom. The highest BCUT2D eigenvalue weighted by molar-refractivity contribution is 5.59. The number of fused-ring (bicyclic) bond motifs is 2. The van der Waals surface area contributed by atoms with Crippen LogP contribution in [0, 0.1) is 0 Å². The van der Waals surface area contributed by atoms with Crippen LogP contribution in [-0.4, -0.2) is 56.7 Å². The van der Waals surface area contributed by atoms with Crippen molar-refractivity contribution < 1.29 is 4.42 Å². The molecule has 0 saturated carbocycles. The minimum absolute atomic E-state index is 0.349. The van der Waals surface area contributed by atoms with Gasteiger partial charge in [-0.3, -0.25) is 4.90 Å². The van der Waals surface area contributed by atoms with Crippen molar-refractivity contribution in [3.8, 4) is 11.6 Å². The van der Waals surface area contributed by atoms with Gasteiger partial charge in [-0.25, -0.2) is 4.98 Å². The van der Waals surface area contributed by atoms with Crippen molar-refractivity contribution in [2.24, 2.45) is 0 Å². The Hall–Kier alpha value is -2.61. The Kier molecular flexibility index (Phi) is 2.99. The van der Waals surface area contributed by atoms with Crippen LogP contribution in [-0.2, 0) is 0 Å². The van der Waals surface area contributed by atoms with Crippen LogP contribution in [0.15, 0.2) is 28.9 Å². The van der Waals surface area contributed by atoms with Crippen molar-refractivity contribution in [3.05, 3.63) is 24.5 Å². The van der Waals surface area contributed by atoms with E-state index >= 15 is 0 Å². The third kappa shape index (κ3) is 2.14. The lowest BCUT2D eigenvalue weighted by Gasteiger charge is -2.38. The molecule has 0 amide bonds. The van der Waals surface area contributed by atoms with Gasteiger partial charge in [-0.15, -0.1) is 5.10 Å². The first kappa shape index (κ1) is 13.8. The minimum Gasteiger partial charge on any atom is -0.461 e.